The summed E-state index contributed by atoms with van der Waals surface area (Å²) in [5.74, 6) is 0. The van der Waals surface area contributed by atoms with E-state index < -0.39 is 0 Å². The smallest absolute Gasteiger partial charge is 0.0425 e. The molecule has 1 aliphatic rings. The van der Waals surface area contributed by atoms with Crippen LogP contribution in [0.15, 0.2) is 18.2 Å². The van der Waals surface area contributed by atoms with Gasteiger partial charge < -0.3 is 10.6 Å². The summed E-state index contributed by atoms with van der Waals surface area (Å²) in [6, 6.07) is 6.75. The average molecular weight is 190 g/mol. The van der Waals surface area contributed by atoms with Gasteiger partial charge in [-0.2, -0.15) is 0 Å². The highest BCUT2D eigenvalue weighted by Crippen LogP contribution is 2.44. The van der Waals surface area contributed by atoms with Crippen LogP contribution in [0.4, 0.5) is 11.4 Å². The van der Waals surface area contributed by atoms with Crippen LogP contribution in [0, 0.1) is 0 Å². The molecule has 0 aromatic heterocycles. The predicted molar refractivity (Wildman–Crippen MR) is 61.7 cm³/mol. The van der Waals surface area contributed by atoms with Crippen LogP contribution >= 0.6 is 0 Å². The van der Waals surface area contributed by atoms with Crippen molar-refractivity contribution >= 4 is 11.4 Å². The highest BCUT2D eigenvalue weighted by Gasteiger charge is 2.39. The summed E-state index contributed by atoms with van der Waals surface area (Å²) in [7, 11) is 2.14. The number of anilines is 2. The molecule has 1 aliphatic heterocycles. The minimum absolute atomic E-state index is 0.220. The third-order valence-electron chi connectivity index (χ3n) is 3.72. The molecule has 2 N–H and O–H groups in total. The van der Waals surface area contributed by atoms with Gasteiger partial charge in [0.2, 0.25) is 0 Å². The van der Waals surface area contributed by atoms with E-state index in [0.717, 1.165) is 5.69 Å². The molecule has 0 bridgehead atoms. The van der Waals surface area contributed by atoms with Crippen LogP contribution < -0.4 is 10.6 Å². The molecule has 0 unspecified atom stereocenters. The van der Waals surface area contributed by atoms with Crippen molar-refractivity contribution in [2.75, 3.05) is 17.7 Å². The van der Waals surface area contributed by atoms with Gasteiger partial charge in [0.1, 0.15) is 0 Å². The van der Waals surface area contributed by atoms with Crippen LogP contribution in [-0.4, -0.2) is 13.1 Å². The summed E-state index contributed by atoms with van der Waals surface area (Å²) in [5, 5.41) is 0. The number of hydrogen-bond acceptors (Lipinski definition) is 2. The highest BCUT2D eigenvalue weighted by atomic mass is 15.2. The van der Waals surface area contributed by atoms with Crippen LogP contribution in [0.1, 0.15) is 26.3 Å². The fourth-order valence-corrected chi connectivity index (χ4v) is 2.30. The van der Waals surface area contributed by atoms with Gasteiger partial charge in [0.15, 0.2) is 0 Å². The summed E-state index contributed by atoms with van der Waals surface area (Å²) in [5.41, 5.74) is 9.55. The Bertz CT molecular complexity index is 369. The van der Waals surface area contributed by atoms with Gasteiger partial charge in [-0.25, -0.2) is 0 Å². The molecular formula is C12H18N2. The van der Waals surface area contributed by atoms with Gasteiger partial charge in [-0.3, -0.25) is 0 Å². The Kier molecular flexibility index (Phi) is 1.78. The number of nitrogens with zero attached hydrogens (tertiary/aromatic N) is 1. The first kappa shape index (κ1) is 9.38. The minimum atomic E-state index is 0.220. The number of nitrogens with two attached hydrogens (primary N) is 1. The van der Waals surface area contributed by atoms with E-state index in [-0.39, 0.29) is 5.41 Å². The number of hydrogen-bond donors (Lipinski definition) is 1. The molecule has 14 heavy (non-hydrogen) atoms. The molecule has 76 valence electrons. The molecule has 1 aromatic rings. The normalized spacial score (nSPS) is 23.7. The third-order valence-corrected chi connectivity index (χ3v) is 3.72. The molecule has 0 radical (unpaired) electrons. The summed E-state index contributed by atoms with van der Waals surface area (Å²) in [6.07, 6.45) is 0. The molecule has 1 heterocycles. The van der Waals surface area contributed by atoms with E-state index in [1.54, 1.807) is 0 Å². The average Bonchev–Trinajstić information content (AvgIpc) is 2.28. The second-order valence-electron chi connectivity index (χ2n) is 4.79. The van der Waals surface area contributed by atoms with Crippen LogP contribution in [0.3, 0.4) is 0 Å². The zero-order valence-electron chi connectivity index (χ0n) is 9.33. The van der Waals surface area contributed by atoms with E-state index in [2.05, 4.69) is 44.9 Å². The molecule has 0 amide bonds. The topological polar surface area (TPSA) is 29.3 Å². The van der Waals surface area contributed by atoms with Crippen molar-refractivity contribution < 1.29 is 0 Å². The van der Waals surface area contributed by atoms with E-state index in [4.69, 9.17) is 5.73 Å². The summed E-state index contributed by atoms with van der Waals surface area (Å²) in [4.78, 5) is 2.31. The lowest BCUT2D eigenvalue weighted by atomic mass is 9.81. The van der Waals surface area contributed by atoms with E-state index >= 15 is 0 Å². The fourth-order valence-electron chi connectivity index (χ4n) is 2.30. The van der Waals surface area contributed by atoms with Crippen molar-refractivity contribution in [3.05, 3.63) is 23.8 Å². The molecule has 0 aliphatic carbocycles. The van der Waals surface area contributed by atoms with Crippen LogP contribution in [-0.2, 0) is 5.41 Å². The fraction of sp³-hybridized carbons (Fsp3) is 0.500. The maximum absolute atomic E-state index is 5.80. The van der Waals surface area contributed by atoms with Crippen molar-refractivity contribution in [1.29, 1.82) is 0 Å². The van der Waals surface area contributed by atoms with E-state index in [1.165, 1.54) is 11.3 Å². The van der Waals surface area contributed by atoms with Gasteiger partial charge in [-0.1, -0.05) is 19.9 Å². The van der Waals surface area contributed by atoms with E-state index in [0.29, 0.717) is 6.04 Å². The molecule has 1 atom stereocenters. The number of nitrogen functional groups attached to an aromatic ring is 1. The standard InChI is InChI=1S/C12H18N2/c1-8-12(2,3)10-6-5-9(13)7-11(10)14(8)4/h5-8H,13H2,1-4H3/t8-/m0/s1. The lowest BCUT2D eigenvalue weighted by Gasteiger charge is -2.28. The van der Waals surface area contributed by atoms with Gasteiger partial charge in [-0.05, 0) is 24.6 Å². The van der Waals surface area contributed by atoms with Crippen molar-refractivity contribution in [3.8, 4) is 0 Å². The van der Waals surface area contributed by atoms with Gasteiger partial charge in [0, 0.05) is 29.9 Å². The number of likely N-dealkylation sites (N-methyl/N-ethyl adjacent to an activating group) is 1. The molecule has 0 saturated carbocycles. The summed E-state index contributed by atoms with van der Waals surface area (Å²) in [6.45, 7) is 6.84. The van der Waals surface area contributed by atoms with Gasteiger partial charge in [0.25, 0.3) is 0 Å². The Morgan fingerprint density at radius 1 is 1.36 bits per heavy atom. The van der Waals surface area contributed by atoms with Gasteiger partial charge in [-0.15, -0.1) is 0 Å². The van der Waals surface area contributed by atoms with Gasteiger partial charge in [0.05, 0.1) is 0 Å². The highest BCUT2D eigenvalue weighted by molar-refractivity contribution is 5.68. The number of rotatable bonds is 0. The Balaban J connectivity index is 2.62. The molecule has 0 fully saturated rings. The molecular weight excluding hydrogens is 172 g/mol. The molecule has 0 saturated heterocycles. The molecule has 2 rings (SSSR count). The number of benzene rings is 1. The Hall–Kier alpha value is -1.18. The Labute approximate surface area is 85.7 Å². The SMILES string of the molecule is C[C@@H]1N(C)c2cc(N)ccc2C1(C)C. The first-order valence-corrected chi connectivity index (χ1v) is 5.07. The zero-order chi connectivity index (χ0) is 10.5. The van der Waals surface area contributed by atoms with Crippen molar-refractivity contribution in [2.24, 2.45) is 0 Å². The van der Waals surface area contributed by atoms with E-state index in [9.17, 15) is 0 Å². The Morgan fingerprint density at radius 3 is 2.64 bits per heavy atom. The van der Waals surface area contributed by atoms with E-state index in [1.807, 2.05) is 6.07 Å². The maximum Gasteiger partial charge on any atom is 0.0425 e. The quantitative estimate of drug-likeness (QED) is 0.636. The minimum Gasteiger partial charge on any atom is -0.399 e. The second-order valence-corrected chi connectivity index (χ2v) is 4.79. The first-order chi connectivity index (χ1) is 6.44. The van der Waals surface area contributed by atoms with Gasteiger partial charge >= 0.3 is 0 Å². The summed E-state index contributed by atoms with van der Waals surface area (Å²) >= 11 is 0. The molecule has 1 aromatic carbocycles. The van der Waals surface area contributed by atoms with Crippen LogP contribution in [0.2, 0.25) is 0 Å². The third kappa shape index (κ3) is 1.03. The van der Waals surface area contributed by atoms with Crippen molar-refractivity contribution in [1.82, 2.24) is 0 Å². The molecule has 0 spiro atoms. The maximum atomic E-state index is 5.80. The monoisotopic (exact) mass is 190 g/mol. The largest absolute Gasteiger partial charge is 0.399 e. The zero-order valence-corrected chi connectivity index (χ0v) is 9.33. The second kappa shape index (κ2) is 2.66. The lowest BCUT2D eigenvalue weighted by Crippen LogP contribution is -2.36. The lowest BCUT2D eigenvalue weighted by molar-refractivity contribution is 0.454. The molecule has 2 heteroatoms. The van der Waals surface area contributed by atoms with Crippen LogP contribution in [0.5, 0.6) is 0 Å². The number of fused-ring (bicyclic) bond motifs is 1. The predicted octanol–water partition coefficient (Wildman–Crippen LogP) is 2.38. The van der Waals surface area contributed by atoms with Crippen molar-refractivity contribution in [2.45, 2.75) is 32.2 Å². The summed E-state index contributed by atoms with van der Waals surface area (Å²) < 4.78 is 0. The first-order valence-electron chi connectivity index (χ1n) is 5.07. The van der Waals surface area contributed by atoms with Crippen molar-refractivity contribution in [3.63, 3.8) is 0 Å². The molecule has 2 nitrogen and oxygen atoms in total. The van der Waals surface area contributed by atoms with Crippen LogP contribution in [0.25, 0.3) is 0 Å². The Morgan fingerprint density at radius 2 is 2.00 bits per heavy atom.